The van der Waals surface area contributed by atoms with Gasteiger partial charge in [-0.1, -0.05) is 20.8 Å². The molecule has 2 amide bonds. The molecule has 0 aromatic heterocycles. The molecule has 106 valence electrons. The molecule has 0 aliphatic rings. The van der Waals surface area contributed by atoms with E-state index >= 15 is 0 Å². The number of amides is 2. The maximum atomic E-state index is 12.7. The highest BCUT2D eigenvalue weighted by Crippen LogP contribution is 2.12. The van der Waals surface area contributed by atoms with Crippen LogP contribution in [0.2, 0.25) is 0 Å². The van der Waals surface area contributed by atoms with Crippen LogP contribution in [0.5, 0.6) is 0 Å². The third kappa shape index (κ3) is 7.16. The van der Waals surface area contributed by atoms with E-state index in [0.717, 1.165) is 0 Å². The van der Waals surface area contributed by atoms with Crippen molar-refractivity contribution in [2.24, 2.45) is 11.1 Å². The Balaban J connectivity index is 3.83. The van der Waals surface area contributed by atoms with Crippen LogP contribution in [0.15, 0.2) is 0 Å². The van der Waals surface area contributed by atoms with Gasteiger partial charge in [0.05, 0.1) is 13.1 Å². The first kappa shape index (κ1) is 16.8. The highest BCUT2D eigenvalue weighted by Gasteiger charge is 2.27. The van der Waals surface area contributed by atoms with Crippen molar-refractivity contribution >= 4 is 11.8 Å². The molecule has 5 nitrogen and oxygen atoms in total. The molecule has 0 radical (unpaired) electrons. The Morgan fingerprint density at radius 2 is 1.72 bits per heavy atom. The van der Waals surface area contributed by atoms with E-state index < -0.39 is 30.3 Å². The fourth-order valence-electron chi connectivity index (χ4n) is 0.943. The number of carbonyl (C=O) groups is 2. The van der Waals surface area contributed by atoms with Gasteiger partial charge in [0.1, 0.15) is 0 Å². The summed E-state index contributed by atoms with van der Waals surface area (Å²) >= 11 is 0. The van der Waals surface area contributed by atoms with Crippen molar-refractivity contribution in [1.82, 2.24) is 10.6 Å². The molecule has 0 aromatic carbocycles. The molecule has 0 aliphatic heterocycles. The van der Waals surface area contributed by atoms with Crippen LogP contribution in [0.25, 0.3) is 0 Å². The first-order chi connectivity index (χ1) is 8.08. The largest absolute Gasteiger partial charge is 0.355 e. The van der Waals surface area contributed by atoms with Gasteiger partial charge < -0.3 is 16.4 Å². The fourth-order valence-corrected chi connectivity index (χ4v) is 0.943. The van der Waals surface area contributed by atoms with Crippen molar-refractivity contribution in [1.29, 1.82) is 0 Å². The van der Waals surface area contributed by atoms with Crippen LogP contribution in [0.1, 0.15) is 27.2 Å². The van der Waals surface area contributed by atoms with Gasteiger partial charge >= 0.3 is 0 Å². The summed E-state index contributed by atoms with van der Waals surface area (Å²) < 4.78 is 25.4. The van der Waals surface area contributed by atoms with Crippen molar-refractivity contribution in [2.75, 3.05) is 19.6 Å². The van der Waals surface area contributed by atoms with Crippen LogP contribution >= 0.6 is 0 Å². The van der Waals surface area contributed by atoms with E-state index in [1.165, 1.54) is 0 Å². The minimum absolute atomic E-state index is 0.0392. The Hall–Kier alpha value is -1.24. The predicted octanol–water partition coefficient (Wildman–Crippen LogP) is 0.249. The van der Waals surface area contributed by atoms with Gasteiger partial charge in [-0.3, -0.25) is 9.59 Å². The normalized spacial score (nSPS) is 12.1. The lowest BCUT2D eigenvalue weighted by atomic mass is 9.96. The second-order valence-corrected chi connectivity index (χ2v) is 5.09. The van der Waals surface area contributed by atoms with Gasteiger partial charge in [-0.05, 0) is 0 Å². The summed E-state index contributed by atoms with van der Waals surface area (Å²) in [6, 6.07) is 0. The van der Waals surface area contributed by atoms with Crippen LogP contribution < -0.4 is 16.4 Å². The lowest BCUT2D eigenvalue weighted by Crippen LogP contribution is -2.42. The van der Waals surface area contributed by atoms with E-state index in [1.54, 1.807) is 20.8 Å². The molecular weight excluding hydrogens is 244 g/mol. The smallest absolute Gasteiger partial charge is 0.277 e. The molecule has 0 unspecified atom stereocenters. The molecule has 0 rings (SSSR count). The SMILES string of the molecule is CC(C)(C)C(=O)NCCC(=O)NCC(F)(F)CN. The lowest BCUT2D eigenvalue weighted by Gasteiger charge is -2.18. The van der Waals surface area contributed by atoms with Crippen LogP contribution in [-0.4, -0.2) is 37.4 Å². The quantitative estimate of drug-likeness (QED) is 0.643. The van der Waals surface area contributed by atoms with Crippen LogP contribution in [0.4, 0.5) is 8.78 Å². The standard InChI is InChI=1S/C11H21F2N3O2/c1-10(2,3)9(18)15-5-4-8(17)16-7-11(12,13)6-14/h4-7,14H2,1-3H3,(H,15,18)(H,16,17). The Kier molecular flexibility index (Phi) is 6.17. The monoisotopic (exact) mass is 265 g/mol. The Labute approximate surface area is 105 Å². The van der Waals surface area contributed by atoms with E-state index in [9.17, 15) is 18.4 Å². The van der Waals surface area contributed by atoms with Crippen LogP contribution in [0, 0.1) is 5.41 Å². The van der Waals surface area contributed by atoms with Crippen LogP contribution in [-0.2, 0) is 9.59 Å². The summed E-state index contributed by atoms with van der Waals surface area (Å²) in [5.74, 6) is -3.83. The van der Waals surface area contributed by atoms with Gasteiger partial charge in [0.25, 0.3) is 5.92 Å². The van der Waals surface area contributed by atoms with E-state index in [2.05, 4.69) is 10.6 Å². The number of hydrogen-bond donors (Lipinski definition) is 3. The maximum absolute atomic E-state index is 12.7. The third-order valence-electron chi connectivity index (χ3n) is 2.16. The van der Waals surface area contributed by atoms with Gasteiger partial charge in [-0.15, -0.1) is 0 Å². The molecule has 0 bridgehead atoms. The highest BCUT2D eigenvalue weighted by atomic mass is 19.3. The van der Waals surface area contributed by atoms with Crippen molar-refractivity contribution in [2.45, 2.75) is 33.1 Å². The topological polar surface area (TPSA) is 84.2 Å². The summed E-state index contributed by atoms with van der Waals surface area (Å²) in [5, 5.41) is 4.62. The molecule has 0 atom stereocenters. The number of rotatable bonds is 6. The second kappa shape index (κ2) is 6.63. The summed E-state index contributed by atoms with van der Waals surface area (Å²) in [4.78, 5) is 22.6. The fraction of sp³-hybridized carbons (Fsp3) is 0.818. The van der Waals surface area contributed by atoms with Gasteiger partial charge in [0.15, 0.2) is 0 Å². The Morgan fingerprint density at radius 3 is 2.17 bits per heavy atom. The average molecular weight is 265 g/mol. The van der Waals surface area contributed by atoms with Gasteiger partial charge in [0, 0.05) is 18.4 Å². The molecule has 7 heteroatoms. The predicted molar refractivity (Wildman–Crippen MR) is 64.1 cm³/mol. The molecule has 0 saturated carbocycles. The Bertz CT molecular complexity index is 301. The number of halogens is 2. The van der Waals surface area contributed by atoms with Gasteiger partial charge in [0.2, 0.25) is 11.8 Å². The molecule has 4 N–H and O–H groups in total. The van der Waals surface area contributed by atoms with E-state index in [0.29, 0.717) is 0 Å². The molecule has 0 saturated heterocycles. The summed E-state index contributed by atoms with van der Waals surface area (Å²) in [6.07, 6.45) is -0.0392. The molecule has 0 fully saturated rings. The van der Waals surface area contributed by atoms with Crippen molar-refractivity contribution in [3.05, 3.63) is 0 Å². The van der Waals surface area contributed by atoms with Crippen LogP contribution in [0.3, 0.4) is 0 Å². The number of nitrogens with one attached hydrogen (secondary N) is 2. The zero-order valence-electron chi connectivity index (χ0n) is 11.0. The molecule has 18 heavy (non-hydrogen) atoms. The minimum atomic E-state index is -3.09. The van der Waals surface area contributed by atoms with E-state index in [1.807, 2.05) is 0 Å². The molecule has 0 heterocycles. The zero-order valence-corrected chi connectivity index (χ0v) is 11.0. The number of carbonyl (C=O) groups excluding carboxylic acids is 2. The first-order valence-corrected chi connectivity index (χ1v) is 5.71. The summed E-state index contributed by atoms with van der Waals surface area (Å²) in [7, 11) is 0. The zero-order chi connectivity index (χ0) is 14.4. The summed E-state index contributed by atoms with van der Waals surface area (Å²) in [5.41, 5.74) is 4.28. The maximum Gasteiger partial charge on any atom is 0.277 e. The minimum Gasteiger partial charge on any atom is -0.355 e. The molecule has 0 aliphatic carbocycles. The third-order valence-corrected chi connectivity index (χ3v) is 2.16. The van der Waals surface area contributed by atoms with Crippen molar-refractivity contribution in [3.8, 4) is 0 Å². The number of nitrogens with two attached hydrogens (primary N) is 1. The van der Waals surface area contributed by atoms with Crippen molar-refractivity contribution in [3.63, 3.8) is 0 Å². The summed E-state index contributed by atoms with van der Waals surface area (Å²) in [6.45, 7) is 3.75. The second-order valence-electron chi connectivity index (χ2n) is 5.09. The lowest BCUT2D eigenvalue weighted by molar-refractivity contribution is -0.128. The number of hydrogen-bond acceptors (Lipinski definition) is 3. The molecule has 0 aromatic rings. The first-order valence-electron chi connectivity index (χ1n) is 5.71. The Morgan fingerprint density at radius 1 is 1.17 bits per heavy atom. The van der Waals surface area contributed by atoms with Gasteiger partial charge in [-0.25, -0.2) is 8.78 Å². The highest BCUT2D eigenvalue weighted by molar-refractivity contribution is 5.82. The molecular formula is C11H21F2N3O2. The average Bonchev–Trinajstić information content (AvgIpc) is 2.25. The van der Waals surface area contributed by atoms with Crippen molar-refractivity contribution < 1.29 is 18.4 Å². The molecule has 0 spiro atoms. The van der Waals surface area contributed by atoms with Gasteiger partial charge in [-0.2, -0.15) is 0 Å². The van der Waals surface area contributed by atoms with E-state index in [-0.39, 0.29) is 18.9 Å². The van der Waals surface area contributed by atoms with E-state index in [4.69, 9.17) is 5.73 Å². The number of alkyl halides is 2.